The number of carboxylic acid groups (broad SMARTS) is 1. The number of carbonyl (C=O) groups excluding carboxylic acids is 1. The third-order valence-corrected chi connectivity index (χ3v) is 7.76. The number of esters is 1. The Hall–Kier alpha value is -1.32. The first-order chi connectivity index (χ1) is 12.1. The van der Waals surface area contributed by atoms with E-state index in [9.17, 15) is 14.7 Å². The lowest BCUT2D eigenvalue weighted by atomic mass is 9.45. The van der Waals surface area contributed by atoms with E-state index in [4.69, 9.17) is 4.74 Å². The number of aliphatic carboxylic acids is 1. The van der Waals surface area contributed by atoms with Crippen LogP contribution in [-0.2, 0) is 14.3 Å². The number of hydrogen-bond acceptors (Lipinski definition) is 3. The van der Waals surface area contributed by atoms with Crippen molar-refractivity contribution in [2.75, 3.05) is 6.61 Å². The Bertz CT molecular complexity index is 566. The Kier molecular flexibility index (Phi) is 6.57. The molecule has 0 spiro atoms. The molecule has 0 amide bonds. The number of fused-ring (bicyclic) bond motifs is 1. The van der Waals surface area contributed by atoms with Crippen LogP contribution in [0.4, 0.5) is 0 Å². The average Bonchev–Trinajstić information content (AvgIpc) is 2.56. The molecule has 148 valence electrons. The molecule has 0 radical (unpaired) electrons. The second-order valence-corrected chi connectivity index (χ2v) is 9.25. The lowest BCUT2D eigenvalue weighted by molar-refractivity contribution is -0.141. The van der Waals surface area contributed by atoms with E-state index in [1.165, 1.54) is 39.0 Å². The van der Waals surface area contributed by atoms with Crippen LogP contribution in [-0.4, -0.2) is 23.7 Å². The van der Waals surface area contributed by atoms with Crippen LogP contribution in [0, 0.1) is 28.6 Å². The van der Waals surface area contributed by atoms with Crippen LogP contribution in [0.25, 0.3) is 0 Å². The molecule has 2 saturated carbocycles. The highest BCUT2D eigenvalue weighted by Gasteiger charge is 2.54. The average molecular weight is 365 g/mol. The summed E-state index contributed by atoms with van der Waals surface area (Å²) in [7, 11) is 0. The SMILES string of the molecule is CC(=O)OC/C(=C/C[C@@]1(C)[C@@H]2CCC[C@H](C)[C@@]2(C)CC[C@@H]1C)CC(=O)O. The molecule has 2 rings (SSSR count). The third kappa shape index (κ3) is 4.32. The van der Waals surface area contributed by atoms with Gasteiger partial charge in [-0.05, 0) is 59.8 Å². The van der Waals surface area contributed by atoms with E-state index in [0.29, 0.717) is 22.8 Å². The van der Waals surface area contributed by atoms with Crippen LogP contribution in [0.15, 0.2) is 11.6 Å². The summed E-state index contributed by atoms with van der Waals surface area (Å²) in [5.74, 6) is 0.783. The van der Waals surface area contributed by atoms with E-state index in [0.717, 1.165) is 12.3 Å². The van der Waals surface area contributed by atoms with Gasteiger partial charge < -0.3 is 9.84 Å². The first kappa shape index (κ1) is 21.0. The Morgan fingerprint density at radius 2 is 1.85 bits per heavy atom. The molecule has 2 aliphatic rings. The summed E-state index contributed by atoms with van der Waals surface area (Å²) in [6.45, 7) is 11.1. The largest absolute Gasteiger partial charge is 0.481 e. The van der Waals surface area contributed by atoms with Crippen molar-refractivity contribution in [1.82, 2.24) is 0 Å². The Labute approximate surface area is 158 Å². The van der Waals surface area contributed by atoms with Crippen molar-refractivity contribution in [1.29, 1.82) is 0 Å². The summed E-state index contributed by atoms with van der Waals surface area (Å²) in [5, 5.41) is 9.18. The Balaban J connectivity index is 2.24. The summed E-state index contributed by atoms with van der Waals surface area (Å²) in [5.41, 5.74) is 1.26. The third-order valence-electron chi connectivity index (χ3n) is 7.76. The number of ether oxygens (including phenoxy) is 1. The van der Waals surface area contributed by atoms with Gasteiger partial charge in [0, 0.05) is 6.92 Å². The lowest BCUT2D eigenvalue weighted by Gasteiger charge is -2.60. The number of allylic oxidation sites excluding steroid dienone is 1. The fraction of sp³-hybridized carbons (Fsp3) is 0.818. The zero-order chi connectivity index (χ0) is 19.5. The van der Waals surface area contributed by atoms with Gasteiger partial charge in [0.15, 0.2) is 0 Å². The molecule has 0 bridgehead atoms. The number of rotatable bonds is 6. The smallest absolute Gasteiger partial charge is 0.307 e. The van der Waals surface area contributed by atoms with Gasteiger partial charge in [0.25, 0.3) is 0 Å². The first-order valence-electron chi connectivity index (χ1n) is 10.1. The topological polar surface area (TPSA) is 63.6 Å². The molecule has 2 fully saturated rings. The van der Waals surface area contributed by atoms with Crippen molar-refractivity contribution in [3.8, 4) is 0 Å². The molecule has 0 aromatic carbocycles. The molecule has 1 N–H and O–H groups in total. The van der Waals surface area contributed by atoms with Gasteiger partial charge in [-0.3, -0.25) is 9.59 Å². The van der Waals surface area contributed by atoms with E-state index < -0.39 is 5.97 Å². The van der Waals surface area contributed by atoms with Gasteiger partial charge in [0.1, 0.15) is 6.61 Å². The molecule has 5 atom stereocenters. The highest BCUT2D eigenvalue weighted by atomic mass is 16.5. The van der Waals surface area contributed by atoms with Crippen molar-refractivity contribution in [2.24, 2.45) is 28.6 Å². The standard InChI is InChI=1S/C22H36O4/c1-15-7-6-8-19-21(15,4)11-9-16(2)22(19,5)12-10-18(13-20(24)25)14-26-17(3)23/h10,15-16,19H,6-9,11-14H2,1-5H3,(H,24,25)/b18-10+/t15-,16-,19+,21+,22+/m0/s1. The fourth-order valence-electron chi connectivity index (χ4n) is 5.61. The minimum atomic E-state index is -0.874. The molecule has 0 unspecified atom stereocenters. The van der Waals surface area contributed by atoms with Gasteiger partial charge >= 0.3 is 11.9 Å². The van der Waals surface area contributed by atoms with Crippen LogP contribution in [0.5, 0.6) is 0 Å². The van der Waals surface area contributed by atoms with Crippen molar-refractivity contribution < 1.29 is 19.4 Å². The monoisotopic (exact) mass is 364 g/mol. The van der Waals surface area contributed by atoms with Gasteiger partial charge in [-0.2, -0.15) is 0 Å². The number of carbonyl (C=O) groups is 2. The van der Waals surface area contributed by atoms with Gasteiger partial charge in [-0.25, -0.2) is 0 Å². The predicted molar refractivity (Wildman–Crippen MR) is 103 cm³/mol. The minimum Gasteiger partial charge on any atom is -0.481 e. The molecular formula is C22H36O4. The van der Waals surface area contributed by atoms with Crippen LogP contribution < -0.4 is 0 Å². The van der Waals surface area contributed by atoms with Crippen LogP contribution in [0.1, 0.15) is 79.6 Å². The second kappa shape index (κ2) is 8.14. The minimum absolute atomic E-state index is 0.0594. The van der Waals surface area contributed by atoms with Crippen molar-refractivity contribution >= 4 is 11.9 Å². The molecule has 0 heterocycles. The van der Waals surface area contributed by atoms with E-state index in [1.54, 1.807) is 0 Å². The number of hydrogen-bond donors (Lipinski definition) is 1. The second-order valence-electron chi connectivity index (χ2n) is 9.25. The predicted octanol–water partition coefficient (Wildman–Crippen LogP) is 5.22. The van der Waals surface area contributed by atoms with Crippen LogP contribution >= 0.6 is 0 Å². The maximum Gasteiger partial charge on any atom is 0.307 e. The van der Waals surface area contributed by atoms with Gasteiger partial charge in [0.05, 0.1) is 6.42 Å². The van der Waals surface area contributed by atoms with Gasteiger partial charge in [0.2, 0.25) is 0 Å². The van der Waals surface area contributed by atoms with Crippen LogP contribution in [0.3, 0.4) is 0 Å². The fourth-order valence-corrected chi connectivity index (χ4v) is 5.61. The molecule has 0 aromatic rings. The summed E-state index contributed by atoms with van der Waals surface area (Å²) in [6.07, 6.45) is 9.29. The van der Waals surface area contributed by atoms with E-state index in [1.807, 2.05) is 0 Å². The molecule has 0 saturated heterocycles. The van der Waals surface area contributed by atoms with E-state index in [-0.39, 0.29) is 24.4 Å². The Morgan fingerprint density at radius 1 is 1.15 bits per heavy atom. The van der Waals surface area contributed by atoms with E-state index in [2.05, 4.69) is 33.8 Å². The molecule has 4 heteroatoms. The van der Waals surface area contributed by atoms with Crippen molar-refractivity contribution in [2.45, 2.75) is 79.6 Å². The van der Waals surface area contributed by atoms with Crippen molar-refractivity contribution in [3.63, 3.8) is 0 Å². The summed E-state index contributed by atoms with van der Waals surface area (Å²) < 4.78 is 5.08. The Morgan fingerprint density at radius 3 is 2.46 bits per heavy atom. The van der Waals surface area contributed by atoms with Crippen molar-refractivity contribution in [3.05, 3.63) is 11.6 Å². The summed E-state index contributed by atoms with van der Waals surface area (Å²) in [4.78, 5) is 22.3. The highest BCUT2D eigenvalue weighted by Crippen LogP contribution is 2.62. The molecule has 2 aliphatic carbocycles. The quantitative estimate of drug-likeness (QED) is 0.518. The maximum absolute atomic E-state index is 11.2. The number of carboxylic acids is 1. The van der Waals surface area contributed by atoms with Gasteiger partial charge in [-0.15, -0.1) is 0 Å². The van der Waals surface area contributed by atoms with E-state index >= 15 is 0 Å². The molecular weight excluding hydrogens is 328 g/mol. The maximum atomic E-state index is 11.2. The highest BCUT2D eigenvalue weighted by molar-refractivity contribution is 5.70. The first-order valence-corrected chi connectivity index (χ1v) is 10.1. The summed E-state index contributed by atoms with van der Waals surface area (Å²) in [6, 6.07) is 0. The zero-order valence-corrected chi connectivity index (χ0v) is 17.1. The zero-order valence-electron chi connectivity index (χ0n) is 17.1. The van der Waals surface area contributed by atoms with Gasteiger partial charge in [-0.1, -0.05) is 46.6 Å². The molecule has 4 nitrogen and oxygen atoms in total. The molecule has 0 aliphatic heterocycles. The lowest BCUT2D eigenvalue weighted by Crippen LogP contribution is -2.52. The summed E-state index contributed by atoms with van der Waals surface area (Å²) >= 11 is 0. The molecule has 0 aromatic heterocycles. The normalized spacial score (nSPS) is 37.7. The van der Waals surface area contributed by atoms with Crippen LogP contribution in [0.2, 0.25) is 0 Å². The molecule has 26 heavy (non-hydrogen) atoms.